The first kappa shape index (κ1) is 25.0. The number of aryl methyl sites for hydroxylation is 2. The number of nitrogens with zero attached hydrogens (tertiary/aromatic N) is 1. The van der Waals surface area contributed by atoms with E-state index in [2.05, 4.69) is 29.7 Å². The van der Waals surface area contributed by atoms with Crippen molar-refractivity contribution in [2.45, 2.75) is 45.1 Å². The molecule has 2 heterocycles. The van der Waals surface area contributed by atoms with Crippen LogP contribution in [0.5, 0.6) is 5.75 Å². The molecule has 1 unspecified atom stereocenters. The number of para-hydroxylation sites is 1. The zero-order valence-corrected chi connectivity index (χ0v) is 20.8. The van der Waals surface area contributed by atoms with E-state index in [1.165, 1.54) is 0 Å². The maximum absolute atomic E-state index is 11.4. The van der Waals surface area contributed by atoms with Crippen molar-refractivity contribution >= 4 is 21.1 Å². The second-order valence-electron chi connectivity index (χ2n) is 8.44. The molecule has 0 aliphatic rings. The molecule has 0 aliphatic carbocycles. The maximum Gasteiger partial charge on any atom is 0.292 e. The van der Waals surface area contributed by atoms with E-state index in [1.807, 2.05) is 48.5 Å². The van der Waals surface area contributed by atoms with Crippen molar-refractivity contribution in [3.8, 4) is 17.2 Å². The van der Waals surface area contributed by atoms with Crippen LogP contribution in [0.4, 0.5) is 0 Å². The van der Waals surface area contributed by atoms with Gasteiger partial charge in [-0.1, -0.05) is 30.3 Å². The predicted octanol–water partition coefficient (Wildman–Crippen LogP) is 5.86. The van der Waals surface area contributed by atoms with Gasteiger partial charge in [-0.15, -0.1) is 0 Å². The number of rotatable bonds is 12. The molecule has 0 saturated carbocycles. The van der Waals surface area contributed by atoms with E-state index in [9.17, 15) is 13.0 Å². The Morgan fingerprint density at radius 1 is 1.06 bits per heavy atom. The SMILES string of the molecule is CCOC(CCCc1ccc(OCCn2c(C)ccc2-c2cc3ccccc3o2)cc1)S(=O)(=O)O. The molecule has 35 heavy (non-hydrogen) atoms. The Hall–Kier alpha value is -3.07. The van der Waals surface area contributed by atoms with Crippen molar-refractivity contribution in [2.24, 2.45) is 0 Å². The lowest BCUT2D eigenvalue weighted by atomic mass is 10.1. The van der Waals surface area contributed by atoms with E-state index in [0.717, 1.165) is 39.4 Å². The fraction of sp³-hybridized carbons (Fsp3) is 0.333. The quantitative estimate of drug-likeness (QED) is 0.247. The van der Waals surface area contributed by atoms with Crippen molar-refractivity contribution in [2.75, 3.05) is 13.2 Å². The second-order valence-corrected chi connectivity index (χ2v) is 10.0. The highest BCUT2D eigenvalue weighted by Crippen LogP contribution is 2.29. The molecule has 0 fully saturated rings. The number of benzene rings is 2. The average molecular weight is 498 g/mol. The standard InChI is InChI=1S/C27H31NO6S/c1-3-32-27(35(29,30)31)10-6-7-21-12-14-23(15-13-21)33-18-17-28-20(2)11-16-24(28)26-19-22-8-4-5-9-25(22)34-26/h4-5,8-9,11-16,19,27H,3,6-7,10,17-18H2,1-2H3,(H,29,30,31). The first-order chi connectivity index (χ1) is 16.8. The molecule has 1 atom stereocenters. The van der Waals surface area contributed by atoms with Crippen molar-refractivity contribution < 1.29 is 26.9 Å². The Kier molecular flexibility index (Phi) is 7.95. The summed E-state index contributed by atoms with van der Waals surface area (Å²) in [4.78, 5) is 0. The molecule has 4 aromatic rings. The molecule has 2 aromatic carbocycles. The highest BCUT2D eigenvalue weighted by molar-refractivity contribution is 7.86. The van der Waals surface area contributed by atoms with E-state index >= 15 is 0 Å². The van der Waals surface area contributed by atoms with E-state index < -0.39 is 15.6 Å². The van der Waals surface area contributed by atoms with Crippen molar-refractivity contribution in [3.05, 3.63) is 78.0 Å². The van der Waals surface area contributed by atoms with Crippen LogP contribution in [-0.2, 0) is 27.8 Å². The average Bonchev–Trinajstić information content (AvgIpc) is 3.42. The third-order valence-electron chi connectivity index (χ3n) is 5.97. The molecule has 1 N–H and O–H groups in total. The number of furan rings is 1. The van der Waals surface area contributed by atoms with Gasteiger partial charge in [-0.2, -0.15) is 8.42 Å². The summed E-state index contributed by atoms with van der Waals surface area (Å²) in [5.41, 5.74) is 2.92. The van der Waals surface area contributed by atoms with Crippen LogP contribution < -0.4 is 4.74 Å². The van der Waals surface area contributed by atoms with Crippen molar-refractivity contribution in [3.63, 3.8) is 0 Å². The van der Waals surface area contributed by atoms with Gasteiger partial charge in [-0.3, -0.25) is 4.55 Å². The number of ether oxygens (including phenoxy) is 2. The summed E-state index contributed by atoms with van der Waals surface area (Å²) in [6, 6.07) is 22.0. The minimum atomic E-state index is -4.20. The Balaban J connectivity index is 1.31. The van der Waals surface area contributed by atoms with Gasteiger partial charge in [0.15, 0.2) is 11.2 Å². The fourth-order valence-electron chi connectivity index (χ4n) is 4.17. The van der Waals surface area contributed by atoms with Gasteiger partial charge in [0.1, 0.15) is 17.9 Å². The molecule has 0 bridgehead atoms. The molecular formula is C27H31NO6S. The molecule has 8 heteroatoms. The highest BCUT2D eigenvalue weighted by atomic mass is 32.2. The molecule has 7 nitrogen and oxygen atoms in total. The third kappa shape index (κ3) is 6.33. The summed E-state index contributed by atoms with van der Waals surface area (Å²) >= 11 is 0. The normalized spacial score (nSPS) is 12.8. The van der Waals surface area contributed by atoms with Gasteiger partial charge in [0, 0.05) is 17.7 Å². The Morgan fingerprint density at radius 2 is 1.83 bits per heavy atom. The number of aromatic nitrogens is 1. The van der Waals surface area contributed by atoms with Gasteiger partial charge in [0.25, 0.3) is 10.1 Å². The lowest BCUT2D eigenvalue weighted by Gasteiger charge is -2.14. The number of fused-ring (bicyclic) bond motifs is 1. The van der Waals surface area contributed by atoms with Gasteiger partial charge in [0.05, 0.1) is 12.2 Å². The maximum atomic E-state index is 11.4. The topological polar surface area (TPSA) is 90.9 Å². The van der Waals surface area contributed by atoms with Crippen LogP contribution in [0.25, 0.3) is 22.4 Å². The van der Waals surface area contributed by atoms with E-state index in [1.54, 1.807) is 6.92 Å². The summed E-state index contributed by atoms with van der Waals surface area (Å²) in [7, 11) is -4.20. The Labute approximate surface area is 206 Å². The van der Waals surface area contributed by atoms with Crippen LogP contribution in [0.1, 0.15) is 31.0 Å². The molecule has 0 aliphatic heterocycles. The smallest absolute Gasteiger partial charge is 0.292 e. The van der Waals surface area contributed by atoms with Gasteiger partial charge >= 0.3 is 0 Å². The minimum Gasteiger partial charge on any atom is -0.492 e. The van der Waals surface area contributed by atoms with E-state index in [-0.39, 0.29) is 13.0 Å². The van der Waals surface area contributed by atoms with Crippen molar-refractivity contribution in [1.82, 2.24) is 4.57 Å². The number of hydrogen-bond acceptors (Lipinski definition) is 5. The molecule has 0 radical (unpaired) electrons. The predicted molar refractivity (Wildman–Crippen MR) is 136 cm³/mol. The lowest BCUT2D eigenvalue weighted by Crippen LogP contribution is -2.24. The molecular weight excluding hydrogens is 466 g/mol. The molecule has 0 spiro atoms. The minimum absolute atomic E-state index is 0.235. The van der Waals surface area contributed by atoms with Crippen LogP contribution in [0.2, 0.25) is 0 Å². The largest absolute Gasteiger partial charge is 0.492 e. The summed E-state index contributed by atoms with van der Waals surface area (Å²) in [6.45, 7) is 5.19. The molecule has 0 amide bonds. The summed E-state index contributed by atoms with van der Waals surface area (Å²) in [5, 5.41) is 1.08. The fourth-order valence-corrected chi connectivity index (χ4v) is 4.95. The number of hydrogen-bond donors (Lipinski definition) is 1. The van der Waals surface area contributed by atoms with Crippen LogP contribution in [0.3, 0.4) is 0 Å². The lowest BCUT2D eigenvalue weighted by molar-refractivity contribution is 0.103. The van der Waals surface area contributed by atoms with Gasteiger partial charge in [-0.25, -0.2) is 0 Å². The monoisotopic (exact) mass is 497 g/mol. The Bertz CT molecular complexity index is 1320. The summed E-state index contributed by atoms with van der Waals surface area (Å²) in [6.07, 6.45) is 1.51. The van der Waals surface area contributed by atoms with E-state index in [0.29, 0.717) is 26.0 Å². The first-order valence-electron chi connectivity index (χ1n) is 11.8. The Morgan fingerprint density at radius 3 is 2.54 bits per heavy atom. The van der Waals surface area contributed by atoms with Gasteiger partial charge < -0.3 is 18.5 Å². The van der Waals surface area contributed by atoms with Crippen LogP contribution >= 0.6 is 0 Å². The molecule has 4 rings (SSSR count). The second kappa shape index (κ2) is 11.1. The molecule has 0 saturated heterocycles. The highest BCUT2D eigenvalue weighted by Gasteiger charge is 2.22. The zero-order chi connectivity index (χ0) is 24.8. The van der Waals surface area contributed by atoms with Crippen LogP contribution in [0.15, 0.2) is 71.1 Å². The van der Waals surface area contributed by atoms with Crippen molar-refractivity contribution in [1.29, 1.82) is 0 Å². The molecule has 2 aromatic heterocycles. The van der Waals surface area contributed by atoms with E-state index in [4.69, 9.17) is 13.9 Å². The first-order valence-corrected chi connectivity index (χ1v) is 13.3. The summed E-state index contributed by atoms with van der Waals surface area (Å²) < 4.78 is 51.3. The van der Waals surface area contributed by atoms with Gasteiger partial charge in [0.2, 0.25) is 0 Å². The van der Waals surface area contributed by atoms with Gasteiger partial charge in [-0.05, 0) is 75.1 Å². The van der Waals surface area contributed by atoms with Crippen LogP contribution in [0, 0.1) is 6.92 Å². The summed E-state index contributed by atoms with van der Waals surface area (Å²) in [5.74, 6) is 1.61. The van der Waals surface area contributed by atoms with Crippen LogP contribution in [-0.4, -0.2) is 36.2 Å². The molecule has 186 valence electrons. The third-order valence-corrected chi connectivity index (χ3v) is 7.01. The zero-order valence-electron chi connectivity index (χ0n) is 20.0.